The van der Waals surface area contributed by atoms with Gasteiger partial charge < -0.3 is 10.1 Å². The van der Waals surface area contributed by atoms with Gasteiger partial charge in [0.2, 0.25) is 5.88 Å². The van der Waals surface area contributed by atoms with E-state index in [-0.39, 0.29) is 34.5 Å². The molecule has 8 nitrogen and oxygen atoms in total. The summed E-state index contributed by atoms with van der Waals surface area (Å²) in [5, 5.41) is 3.82. The molecule has 0 atom stereocenters. The van der Waals surface area contributed by atoms with Gasteiger partial charge in [-0.1, -0.05) is 30.3 Å². The molecule has 9 heteroatoms. The van der Waals surface area contributed by atoms with Crippen LogP contribution in [0.2, 0.25) is 0 Å². The molecule has 2 aromatic heterocycles. The summed E-state index contributed by atoms with van der Waals surface area (Å²) in [5.74, 6) is -0.255. The van der Waals surface area contributed by atoms with E-state index in [1.165, 1.54) is 25.3 Å². The number of fused-ring (bicyclic) bond motifs is 9. The van der Waals surface area contributed by atoms with E-state index >= 15 is 0 Å². The zero-order chi connectivity index (χ0) is 26.3. The van der Waals surface area contributed by atoms with Gasteiger partial charge in [0, 0.05) is 35.5 Å². The summed E-state index contributed by atoms with van der Waals surface area (Å²) in [7, 11) is -2.63. The summed E-state index contributed by atoms with van der Waals surface area (Å²) in [6.45, 7) is 0.281. The molecular weight excluding hydrogens is 500 g/mol. The van der Waals surface area contributed by atoms with Gasteiger partial charge >= 0.3 is 0 Å². The van der Waals surface area contributed by atoms with Gasteiger partial charge in [-0.25, -0.2) is 13.4 Å². The molecular formula is C29H22N4O4S. The lowest BCUT2D eigenvalue weighted by molar-refractivity contribution is 0.0950. The smallest absolute Gasteiger partial charge is 0.262 e. The van der Waals surface area contributed by atoms with Gasteiger partial charge in [-0.05, 0) is 70.8 Å². The van der Waals surface area contributed by atoms with Crippen molar-refractivity contribution in [1.29, 1.82) is 0 Å². The number of sulfonamides is 1. The molecule has 2 N–H and O–H groups in total. The number of anilines is 1. The second kappa shape index (κ2) is 9.28. The Balaban J connectivity index is 1.59. The van der Waals surface area contributed by atoms with Crippen LogP contribution in [0.5, 0.6) is 5.88 Å². The molecule has 0 spiro atoms. The molecule has 1 aliphatic rings. The second-order valence-electron chi connectivity index (χ2n) is 8.89. The topological polar surface area (TPSA) is 110 Å². The maximum Gasteiger partial charge on any atom is 0.262 e. The number of carbonyl (C=O) groups excluding carboxylic acids is 1. The van der Waals surface area contributed by atoms with Crippen LogP contribution < -0.4 is 14.8 Å². The molecule has 1 amide bonds. The first-order valence-electron chi connectivity index (χ1n) is 11.8. The molecule has 5 aromatic rings. The van der Waals surface area contributed by atoms with Crippen molar-refractivity contribution in [1.82, 2.24) is 15.3 Å². The number of nitrogens with zero attached hydrogens (tertiary/aromatic N) is 2. The van der Waals surface area contributed by atoms with Gasteiger partial charge in [0.05, 0.1) is 17.5 Å². The number of amides is 1. The molecule has 0 saturated carbocycles. The molecule has 8 bridgehead atoms. The number of methoxy groups -OCH3 is 1. The lowest BCUT2D eigenvalue weighted by Crippen LogP contribution is -2.23. The Morgan fingerprint density at radius 2 is 1.68 bits per heavy atom. The molecule has 3 heterocycles. The highest BCUT2D eigenvalue weighted by atomic mass is 32.2. The Labute approximate surface area is 219 Å². The molecule has 0 unspecified atom stereocenters. The SMILES string of the molecule is COc1ncc2cc1NS(=O)(=O)c1cccc(c1)C(=O)NCc1cccc(c1)-c1ccnc3ccc-2cc13. The quantitative estimate of drug-likeness (QED) is 0.320. The van der Waals surface area contributed by atoms with Crippen molar-refractivity contribution in [3.63, 3.8) is 0 Å². The van der Waals surface area contributed by atoms with Gasteiger partial charge in [-0.3, -0.25) is 14.5 Å². The number of rotatable bonds is 1. The van der Waals surface area contributed by atoms with Crippen molar-refractivity contribution in [2.45, 2.75) is 11.4 Å². The normalized spacial score (nSPS) is 14.2. The van der Waals surface area contributed by atoms with Gasteiger partial charge in [0.15, 0.2) is 0 Å². The summed E-state index contributed by atoms with van der Waals surface area (Å²) in [4.78, 5) is 21.7. The number of carbonyl (C=O) groups is 1. The van der Waals surface area contributed by atoms with Crippen LogP contribution in [0.25, 0.3) is 33.2 Å². The second-order valence-corrected chi connectivity index (χ2v) is 10.6. The number of hydrogen-bond donors (Lipinski definition) is 2. The van der Waals surface area contributed by atoms with Crippen molar-refractivity contribution in [3.8, 4) is 28.1 Å². The Hall–Kier alpha value is -4.76. The predicted molar refractivity (Wildman–Crippen MR) is 145 cm³/mol. The highest BCUT2D eigenvalue weighted by molar-refractivity contribution is 7.92. The van der Waals surface area contributed by atoms with Crippen LogP contribution in [0.4, 0.5) is 5.69 Å². The Morgan fingerprint density at radius 3 is 2.55 bits per heavy atom. The van der Waals surface area contributed by atoms with E-state index in [0.29, 0.717) is 5.56 Å². The van der Waals surface area contributed by atoms with E-state index in [0.717, 1.165) is 33.2 Å². The van der Waals surface area contributed by atoms with Crippen LogP contribution in [0.15, 0.2) is 96.2 Å². The maximum absolute atomic E-state index is 13.3. The van der Waals surface area contributed by atoms with Crippen molar-refractivity contribution in [2.75, 3.05) is 11.8 Å². The molecule has 38 heavy (non-hydrogen) atoms. The minimum Gasteiger partial charge on any atom is -0.480 e. The van der Waals surface area contributed by atoms with Crippen LogP contribution in [0, 0.1) is 0 Å². The molecule has 3 aromatic carbocycles. The molecule has 188 valence electrons. The predicted octanol–water partition coefficient (Wildman–Crippen LogP) is 5.02. The third-order valence-corrected chi connectivity index (χ3v) is 7.82. The largest absolute Gasteiger partial charge is 0.480 e. The van der Waals surface area contributed by atoms with Gasteiger partial charge in [0.1, 0.15) is 5.69 Å². The van der Waals surface area contributed by atoms with Crippen molar-refractivity contribution in [2.24, 2.45) is 0 Å². The average molecular weight is 523 g/mol. The monoisotopic (exact) mass is 522 g/mol. The van der Waals surface area contributed by atoms with Crippen LogP contribution in [-0.4, -0.2) is 31.4 Å². The van der Waals surface area contributed by atoms with E-state index < -0.39 is 10.0 Å². The first-order valence-corrected chi connectivity index (χ1v) is 13.3. The third kappa shape index (κ3) is 4.33. The maximum atomic E-state index is 13.3. The zero-order valence-corrected chi connectivity index (χ0v) is 21.1. The average Bonchev–Trinajstić information content (AvgIpc) is 2.95. The fourth-order valence-electron chi connectivity index (χ4n) is 4.56. The minimum atomic E-state index is -4.06. The van der Waals surface area contributed by atoms with E-state index in [1.807, 2.05) is 48.5 Å². The number of pyridine rings is 2. The zero-order valence-electron chi connectivity index (χ0n) is 20.3. The van der Waals surface area contributed by atoms with Crippen molar-refractivity contribution >= 4 is 32.5 Å². The van der Waals surface area contributed by atoms with E-state index in [2.05, 4.69) is 20.0 Å². The summed E-state index contributed by atoms with van der Waals surface area (Å²) in [5.41, 5.74) is 5.66. The molecule has 0 aliphatic carbocycles. The van der Waals surface area contributed by atoms with E-state index in [9.17, 15) is 13.2 Å². The first-order chi connectivity index (χ1) is 18.4. The molecule has 0 fully saturated rings. The Bertz CT molecular complexity index is 1840. The van der Waals surface area contributed by atoms with Crippen molar-refractivity contribution < 1.29 is 17.9 Å². The number of hydrogen-bond acceptors (Lipinski definition) is 6. The number of ether oxygens (including phenoxy) is 1. The van der Waals surface area contributed by atoms with Gasteiger partial charge in [-0.2, -0.15) is 0 Å². The van der Waals surface area contributed by atoms with Crippen LogP contribution >= 0.6 is 0 Å². The number of nitrogens with one attached hydrogen (secondary N) is 2. The lowest BCUT2D eigenvalue weighted by Gasteiger charge is -2.15. The van der Waals surface area contributed by atoms with E-state index in [1.54, 1.807) is 24.5 Å². The first kappa shape index (κ1) is 23.6. The minimum absolute atomic E-state index is 0.0536. The summed E-state index contributed by atoms with van der Waals surface area (Å²) in [6, 6.07) is 23.3. The van der Waals surface area contributed by atoms with Crippen LogP contribution in [0.3, 0.4) is 0 Å². The number of aromatic nitrogens is 2. The van der Waals surface area contributed by atoms with Crippen molar-refractivity contribution in [3.05, 3.63) is 102 Å². The fraction of sp³-hybridized carbons (Fsp3) is 0.0690. The Kier molecular flexibility index (Phi) is 5.77. The fourth-order valence-corrected chi connectivity index (χ4v) is 5.66. The van der Waals surface area contributed by atoms with Crippen LogP contribution in [-0.2, 0) is 16.6 Å². The summed E-state index contributed by atoms with van der Waals surface area (Å²) >= 11 is 0. The van der Waals surface area contributed by atoms with Crippen LogP contribution in [0.1, 0.15) is 15.9 Å². The highest BCUT2D eigenvalue weighted by Gasteiger charge is 2.20. The molecule has 6 rings (SSSR count). The third-order valence-electron chi connectivity index (χ3n) is 6.46. The van der Waals surface area contributed by atoms with Gasteiger partial charge in [0.25, 0.3) is 15.9 Å². The summed E-state index contributed by atoms with van der Waals surface area (Å²) < 4.78 is 34.6. The number of benzene rings is 3. The highest BCUT2D eigenvalue weighted by Crippen LogP contribution is 2.34. The van der Waals surface area contributed by atoms with Gasteiger partial charge in [-0.15, -0.1) is 0 Å². The molecule has 1 aliphatic heterocycles. The Morgan fingerprint density at radius 1 is 0.842 bits per heavy atom. The van der Waals surface area contributed by atoms with E-state index in [4.69, 9.17) is 4.74 Å². The lowest BCUT2D eigenvalue weighted by atomic mass is 9.97. The molecule has 0 radical (unpaired) electrons. The molecule has 0 saturated heterocycles. The summed E-state index contributed by atoms with van der Waals surface area (Å²) in [6.07, 6.45) is 3.41. The standard InChI is InChI=1S/C29H22N4O4S/c1-37-29-27-15-22(17-32-29)19-8-9-26-25(14-19)24(10-11-30-26)20-5-2-4-18(12-20)16-31-28(34)21-6-3-7-23(13-21)38(35,36)33-27/h2-15,17,33H,16H2,1H3,(H,31,34).